The van der Waals surface area contributed by atoms with Crippen LogP contribution in [0.3, 0.4) is 0 Å². The molecule has 1 unspecified atom stereocenters. The second-order valence-corrected chi connectivity index (χ2v) is 5.55. The van der Waals surface area contributed by atoms with Crippen LogP contribution in [0.15, 0.2) is 0 Å². The second kappa shape index (κ2) is 3.81. The molecular formula is C12H24O. The van der Waals surface area contributed by atoms with Crippen molar-refractivity contribution in [3.8, 4) is 0 Å². The van der Waals surface area contributed by atoms with Gasteiger partial charge in [-0.25, -0.2) is 0 Å². The van der Waals surface area contributed by atoms with Crippen molar-refractivity contribution in [3.63, 3.8) is 0 Å². The van der Waals surface area contributed by atoms with Crippen molar-refractivity contribution >= 4 is 5.78 Å². The molecule has 0 aromatic carbocycles. The van der Waals surface area contributed by atoms with Crippen molar-refractivity contribution in [1.29, 1.82) is 0 Å². The van der Waals surface area contributed by atoms with Gasteiger partial charge in [-0.05, 0) is 11.8 Å². The molecule has 1 atom stereocenters. The first-order chi connectivity index (χ1) is 5.64. The average molecular weight is 184 g/mol. The zero-order chi connectivity index (χ0) is 10.9. The van der Waals surface area contributed by atoms with Crippen molar-refractivity contribution < 1.29 is 4.79 Å². The summed E-state index contributed by atoms with van der Waals surface area (Å²) in [6.07, 6.45) is 0.943. The number of ketones is 1. The summed E-state index contributed by atoms with van der Waals surface area (Å²) in [6.45, 7) is 14.6. The Labute approximate surface area is 82.9 Å². The molecule has 13 heavy (non-hydrogen) atoms. The Balaban J connectivity index is 4.75. The van der Waals surface area contributed by atoms with Gasteiger partial charge in [-0.1, -0.05) is 48.5 Å². The van der Waals surface area contributed by atoms with Crippen LogP contribution >= 0.6 is 0 Å². The van der Waals surface area contributed by atoms with Crippen LogP contribution in [0.5, 0.6) is 0 Å². The maximum atomic E-state index is 12.0. The monoisotopic (exact) mass is 184 g/mol. The molecule has 0 fully saturated rings. The maximum absolute atomic E-state index is 12.0. The molecule has 78 valence electrons. The summed E-state index contributed by atoms with van der Waals surface area (Å²) >= 11 is 0. The topological polar surface area (TPSA) is 17.1 Å². The van der Waals surface area contributed by atoms with E-state index in [-0.39, 0.29) is 16.7 Å². The van der Waals surface area contributed by atoms with Crippen LogP contribution in [0, 0.1) is 16.7 Å². The van der Waals surface area contributed by atoms with Gasteiger partial charge in [0.05, 0.1) is 0 Å². The summed E-state index contributed by atoms with van der Waals surface area (Å²) in [6, 6.07) is 0. The van der Waals surface area contributed by atoms with E-state index >= 15 is 0 Å². The van der Waals surface area contributed by atoms with Gasteiger partial charge in [-0.15, -0.1) is 0 Å². The molecule has 0 saturated carbocycles. The third-order valence-electron chi connectivity index (χ3n) is 3.55. The van der Waals surface area contributed by atoms with Crippen LogP contribution in [0.1, 0.15) is 54.9 Å². The van der Waals surface area contributed by atoms with Gasteiger partial charge in [0.1, 0.15) is 5.78 Å². The quantitative estimate of drug-likeness (QED) is 0.654. The van der Waals surface area contributed by atoms with Gasteiger partial charge in [-0.3, -0.25) is 4.79 Å². The number of rotatable bonds is 3. The Morgan fingerprint density at radius 2 is 1.54 bits per heavy atom. The molecule has 0 rings (SSSR count). The Kier molecular flexibility index (Phi) is 3.71. The van der Waals surface area contributed by atoms with E-state index in [2.05, 4.69) is 41.5 Å². The van der Waals surface area contributed by atoms with Crippen LogP contribution < -0.4 is 0 Å². The fourth-order valence-electron chi connectivity index (χ4n) is 1.17. The van der Waals surface area contributed by atoms with Crippen molar-refractivity contribution in [2.75, 3.05) is 0 Å². The molecular weight excluding hydrogens is 160 g/mol. The maximum Gasteiger partial charge on any atom is 0.141 e. The van der Waals surface area contributed by atoms with Crippen molar-refractivity contribution in [2.45, 2.75) is 54.9 Å². The summed E-state index contributed by atoms with van der Waals surface area (Å²) in [5.41, 5.74) is -0.171. The molecule has 0 spiro atoms. The zero-order valence-electron chi connectivity index (χ0n) is 10.2. The van der Waals surface area contributed by atoms with Crippen LogP contribution in [-0.4, -0.2) is 5.78 Å². The molecule has 0 heterocycles. The molecule has 0 aromatic heterocycles. The Hall–Kier alpha value is -0.330. The van der Waals surface area contributed by atoms with E-state index in [1.807, 2.05) is 6.92 Å². The highest BCUT2D eigenvalue weighted by Gasteiger charge is 2.40. The molecule has 0 bridgehead atoms. The largest absolute Gasteiger partial charge is 0.299 e. The first-order valence-electron chi connectivity index (χ1n) is 5.19. The minimum atomic E-state index is -0.220. The number of hydrogen-bond donors (Lipinski definition) is 0. The van der Waals surface area contributed by atoms with Gasteiger partial charge in [0.25, 0.3) is 0 Å². The molecule has 1 heteroatoms. The van der Waals surface area contributed by atoms with Crippen LogP contribution in [0.25, 0.3) is 0 Å². The smallest absolute Gasteiger partial charge is 0.141 e. The summed E-state index contributed by atoms with van der Waals surface area (Å²) in [5.74, 6) is 0.580. The molecule has 0 aliphatic carbocycles. The fraction of sp³-hybridized carbons (Fsp3) is 0.917. The molecule has 0 aliphatic rings. The molecule has 0 amide bonds. The predicted octanol–water partition coefficient (Wildman–Crippen LogP) is 3.67. The zero-order valence-corrected chi connectivity index (χ0v) is 10.2. The Bertz CT molecular complexity index is 184. The minimum Gasteiger partial charge on any atom is -0.299 e. The van der Waals surface area contributed by atoms with Crippen molar-refractivity contribution in [2.24, 2.45) is 16.7 Å². The van der Waals surface area contributed by atoms with E-state index in [1.54, 1.807) is 0 Å². The van der Waals surface area contributed by atoms with Gasteiger partial charge in [0, 0.05) is 11.3 Å². The Morgan fingerprint density at radius 1 is 1.15 bits per heavy atom. The van der Waals surface area contributed by atoms with E-state index in [4.69, 9.17) is 0 Å². The SMILES string of the molecule is CCC(C)C(=O)C(C)(C)C(C)(C)C. The molecule has 0 radical (unpaired) electrons. The lowest BCUT2D eigenvalue weighted by atomic mass is 9.64. The highest BCUT2D eigenvalue weighted by atomic mass is 16.1. The molecule has 0 aromatic rings. The molecule has 0 N–H and O–H groups in total. The summed E-state index contributed by atoms with van der Waals surface area (Å²) < 4.78 is 0. The van der Waals surface area contributed by atoms with E-state index in [0.717, 1.165) is 6.42 Å². The van der Waals surface area contributed by atoms with Crippen molar-refractivity contribution in [1.82, 2.24) is 0 Å². The number of Topliss-reactive ketones (excluding diaryl/α,β-unsaturated/α-hetero) is 1. The highest BCUT2D eigenvalue weighted by molar-refractivity contribution is 5.86. The first-order valence-corrected chi connectivity index (χ1v) is 5.19. The van der Waals surface area contributed by atoms with Gasteiger partial charge in [0.2, 0.25) is 0 Å². The van der Waals surface area contributed by atoms with E-state index in [1.165, 1.54) is 0 Å². The third kappa shape index (κ3) is 2.55. The van der Waals surface area contributed by atoms with Gasteiger partial charge >= 0.3 is 0 Å². The summed E-state index contributed by atoms with van der Waals surface area (Å²) in [5, 5.41) is 0. The standard InChI is InChI=1S/C12H24O/c1-8-9(2)10(13)12(6,7)11(3,4)5/h9H,8H2,1-7H3. The van der Waals surface area contributed by atoms with Gasteiger partial charge in [0.15, 0.2) is 0 Å². The van der Waals surface area contributed by atoms with E-state index < -0.39 is 0 Å². The molecule has 0 saturated heterocycles. The lowest BCUT2D eigenvalue weighted by molar-refractivity contribution is -0.136. The second-order valence-electron chi connectivity index (χ2n) is 5.55. The van der Waals surface area contributed by atoms with Crippen molar-refractivity contribution in [3.05, 3.63) is 0 Å². The Morgan fingerprint density at radius 3 is 1.77 bits per heavy atom. The minimum absolute atomic E-state index is 0.0491. The molecule has 1 nitrogen and oxygen atoms in total. The number of hydrogen-bond acceptors (Lipinski definition) is 1. The van der Waals surface area contributed by atoms with Gasteiger partial charge < -0.3 is 0 Å². The average Bonchev–Trinajstić information content (AvgIpc) is 1.99. The lowest BCUT2D eigenvalue weighted by Crippen LogP contribution is -2.40. The normalized spacial score (nSPS) is 15.6. The first kappa shape index (κ1) is 12.7. The highest BCUT2D eigenvalue weighted by Crippen LogP contribution is 2.40. The van der Waals surface area contributed by atoms with Crippen LogP contribution in [0.4, 0.5) is 0 Å². The van der Waals surface area contributed by atoms with Crippen LogP contribution in [0.2, 0.25) is 0 Å². The number of carbonyl (C=O) groups excluding carboxylic acids is 1. The van der Waals surface area contributed by atoms with Crippen LogP contribution in [-0.2, 0) is 4.79 Å². The molecule has 0 aliphatic heterocycles. The fourth-order valence-corrected chi connectivity index (χ4v) is 1.17. The predicted molar refractivity (Wildman–Crippen MR) is 57.7 cm³/mol. The summed E-state index contributed by atoms with van der Waals surface area (Å²) in [4.78, 5) is 12.0. The lowest BCUT2D eigenvalue weighted by Gasteiger charge is -2.39. The van der Waals surface area contributed by atoms with E-state index in [0.29, 0.717) is 5.78 Å². The third-order valence-corrected chi connectivity index (χ3v) is 3.55. The summed E-state index contributed by atoms with van der Waals surface area (Å²) in [7, 11) is 0. The van der Waals surface area contributed by atoms with Gasteiger partial charge in [-0.2, -0.15) is 0 Å². The number of carbonyl (C=O) groups is 1. The van der Waals surface area contributed by atoms with E-state index in [9.17, 15) is 4.79 Å².